The number of hydrogen-bond donors (Lipinski definition) is 0. The number of nitrogens with zero attached hydrogens (tertiary/aromatic N) is 1. The zero-order valence-corrected chi connectivity index (χ0v) is 15.0. The third-order valence-corrected chi connectivity index (χ3v) is 5.83. The van der Waals surface area contributed by atoms with Crippen LogP contribution in [0, 0.1) is 5.92 Å². The minimum atomic E-state index is 0.145. The van der Waals surface area contributed by atoms with E-state index in [1.165, 1.54) is 29.5 Å². The lowest BCUT2D eigenvalue weighted by Gasteiger charge is -2.35. The molecule has 0 amide bonds. The number of piperidine rings is 1. The molecule has 2 nitrogen and oxygen atoms in total. The first kappa shape index (κ1) is 16.3. The van der Waals surface area contributed by atoms with Crippen molar-refractivity contribution in [2.24, 2.45) is 5.92 Å². The summed E-state index contributed by atoms with van der Waals surface area (Å²) in [5, 5.41) is 0. The molecule has 1 heterocycles. The van der Waals surface area contributed by atoms with Crippen molar-refractivity contribution < 1.29 is 4.79 Å². The highest BCUT2D eigenvalue weighted by molar-refractivity contribution is 6.25. The lowest BCUT2D eigenvalue weighted by molar-refractivity contribution is -0.111. The normalized spacial score (nSPS) is 21.0. The highest BCUT2D eigenvalue weighted by atomic mass is 16.1. The zero-order chi connectivity index (χ0) is 17.4. The van der Waals surface area contributed by atoms with Gasteiger partial charge in [-0.25, -0.2) is 0 Å². The molecule has 1 saturated heterocycles. The van der Waals surface area contributed by atoms with E-state index >= 15 is 0 Å². The van der Waals surface area contributed by atoms with Gasteiger partial charge in [-0.05, 0) is 74.2 Å². The number of allylic oxidation sites excluding steroid dienone is 1. The van der Waals surface area contributed by atoms with E-state index in [0.29, 0.717) is 11.8 Å². The van der Waals surface area contributed by atoms with E-state index in [1.54, 1.807) is 6.92 Å². The fourth-order valence-electron chi connectivity index (χ4n) is 4.50. The molecule has 0 bridgehead atoms. The molecule has 0 radical (unpaired) electrons. The topological polar surface area (TPSA) is 20.3 Å². The summed E-state index contributed by atoms with van der Waals surface area (Å²) in [6, 6.07) is 17.2. The third-order valence-electron chi connectivity index (χ3n) is 5.83. The Hall–Kier alpha value is -2.19. The molecule has 1 aliphatic carbocycles. The number of hydrogen-bond acceptors (Lipinski definition) is 2. The average molecular weight is 331 g/mol. The monoisotopic (exact) mass is 331 g/mol. The molecule has 2 aromatic rings. The fraction of sp³-hybridized carbons (Fsp3) is 0.348. The summed E-state index contributed by atoms with van der Waals surface area (Å²) in [6.07, 6.45) is 4.52. The zero-order valence-electron chi connectivity index (χ0n) is 15.0. The van der Waals surface area contributed by atoms with Crippen molar-refractivity contribution in [1.82, 2.24) is 4.90 Å². The summed E-state index contributed by atoms with van der Waals surface area (Å²) in [6.45, 7) is 3.98. The van der Waals surface area contributed by atoms with Gasteiger partial charge in [-0.2, -0.15) is 0 Å². The van der Waals surface area contributed by atoms with Crippen LogP contribution < -0.4 is 0 Å². The standard InChI is InChI=1S/C23H25NO/c1-16(25)22-15-18-7-3-4-8-19(18)23(17-11-13-24(2)14-12-17)21-10-6-5-9-20(21)22/h3-10,15,17,23H,11-14H2,1-2H3. The molecule has 1 aliphatic heterocycles. The summed E-state index contributed by atoms with van der Waals surface area (Å²) in [5.74, 6) is 1.14. The summed E-state index contributed by atoms with van der Waals surface area (Å²) in [5.41, 5.74) is 5.87. The number of ketones is 1. The van der Waals surface area contributed by atoms with Gasteiger partial charge in [0, 0.05) is 11.5 Å². The lowest BCUT2D eigenvalue weighted by atomic mass is 9.74. The lowest BCUT2D eigenvalue weighted by Crippen LogP contribution is -2.33. The van der Waals surface area contributed by atoms with Gasteiger partial charge in [-0.1, -0.05) is 48.5 Å². The van der Waals surface area contributed by atoms with Crippen molar-refractivity contribution in [3.63, 3.8) is 0 Å². The highest BCUT2D eigenvalue weighted by Gasteiger charge is 2.33. The molecule has 1 fully saturated rings. The number of carbonyl (C=O) groups is 1. The maximum Gasteiger partial charge on any atom is 0.160 e. The minimum absolute atomic E-state index is 0.145. The number of Topliss-reactive ketones (excluding diaryl/α,β-unsaturated/α-hetero) is 1. The van der Waals surface area contributed by atoms with Gasteiger partial charge in [0.05, 0.1) is 0 Å². The van der Waals surface area contributed by atoms with Crippen molar-refractivity contribution in [3.8, 4) is 0 Å². The van der Waals surface area contributed by atoms with E-state index in [1.807, 2.05) is 0 Å². The number of likely N-dealkylation sites (tertiary alicyclic amines) is 1. The average Bonchev–Trinajstić information content (AvgIpc) is 2.77. The van der Waals surface area contributed by atoms with Gasteiger partial charge in [0.15, 0.2) is 5.78 Å². The van der Waals surface area contributed by atoms with E-state index < -0.39 is 0 Å². The van der Waals surface area contributed by atoms with Crippen molar-refractivity contribution in [3.05, 3.63) is 70.8 Å². The van der Waals surface area contributed by atoms with E-state index in [-0.39, 0.29) is 5.78 Å². The molecule has 2 aromatic carbocycles. The first-order valence-electron chi connectivity index (χ1n) is 9.24. The molecule has 0 spiro atoms. The fourth-order valence-corrected chi connectivity index (χ4v) is 4.50. The van der Waals surface area contributed by atoms with Crippen LogP contribution in [0.3, 0.4) is 0 Å². The molecule has 128 valence electrons. The Kier molecular flexibility index (Phi) is 4.30. The van der Waals surface area contributed by atoms with Crippen LogP contribution in [0.2, 0.25) is 0 Å². The van der Waals surface area contributed by atoms with E-state index in [4.69, 9.17) is 0 Å². The second-order valence-electron chi connectivity index (χ2n) is 7.45. The van der Waals surface area contributed by atoms with Gasteiger partial charge in [-0.3, -0.25) is 4.79 Å². The number of benzene rings is 2. The highest BCUT2D eigenvalue weighted by Crippen LogP contribution is 2.44. The maximum absolute atomic E-state index is 12.4. The van der Waals surface area contributed by atoms with Crippen LogP contribution >= 0.6 is 0 Å². The second-order valence-corrected chi connectivity index (χ2v) is 7.45. The third kappa shape index (κ3) is 2.96. The van der Waals surface area contributed by atoms with Gasteiger partial charge in [-0.15, -0.1) is 0 Å². The van der Waals surface area contributed by atoms with Crippen LogP contribution in [0.5, 0.6) is 0 Å². The summed E-state index contributed by atoms with van der Waals surface area (Å²) in [7, 11) is 2.21. The first-order valence-corrected chi connectivity index (χ1v) is 9.24. The van der Waals surface area contributed by atoms with Crippen molar-refractivity contribution in [1.29, 1.82) is 0 Å². The molecule has 4 rings (SSSR count). The second kappa shape index (κ2) is 6.61. The van der Waals surface area contributed by atoms with Crippen LogP contribution in [0.4, 0.5) is 0 Å². The Labute approximate surface area is 150 Å². The molecule has 1 atom stereocenters. The predicted molar refractivity (Wildman–Crippen MR) is 104 cm³/mol. The Morgan fingerprint density at radius 1 is 0.960 bits per heavy atom. The van der Waals surface area contributed by atoms with E-state index in [0.717, 1.165) is 24.2 Å². The van der Waals surface area contributed by atoms with Crippen molar-refractivity contribution in [2.75, 3.05) is 20.1 Å². The van der Waals surface area contributed by atoms with E-state index in [9.17, 15) is 4.79 Å². The molecule has 2 aliphatic rings. The Bertz CT molecular complexity index is 827. The number of fused-ring (bicyclic) bond motifs is 2. The van der Waals surface area contributed by atoms with Gasteiger partial charge in [0.1, 0.15) is 0 Å². The van der Waals surface area contributed by atoms with Crippen LogP contribution in [-0.2, 0) is 4.79 Å². The molecule has 0 N–H and O–H groups in total. The molecule has 1 unspecified atom stereocenters. The van der Waals surface area contributed by atoms with E-state index in [2.05, 4.69) is 66.6 Å². The minimum Gasteiger partial charge on any atom is -0.306 e. The van der Waals surface area contributed by atoms with Gasteiger partial charge in [0.2, 0.25) is 0 Å². The van der Waals surface area contributed by atoms with Crippen molar-refractivity contribution in [2.45, 2.75) is 25.7 Å². The maximum atomic E-state index is 12.4. The Morgan fingerprint density at radius 3 is 2.32 bits per heavy atom. The molecule has 25 heavy (non-hydrogen) atoms. The summed E-state index contributed by atoms with van der Waals surface area (Å²) in [4.78, 5) is 14.8. The molecule has 0 saturated carbocycles. The Morgan fingerprint density at radius 2 is 1.60 bits per heavy atom. The van der Waals surface area contributed by atoms with Crippen LogP contribution in [-0.4, -0.2) is 30.8 Å². The number of rotatable bonds is 2. The summed E-state index contributed by atoms with van der Waals surface area (Å²) >= 11 is 0. The SMILES string of the molecule is CC(=O)C1=Cc2ccccc2C(C2CCN(C)CC2)c2ccccc21. The van der Waals surface area contributed by atoms with Crippen LogP contribution in [0.15, 0.2) is 48.5 Å². The van der Waals surface area contributed by atoms with Crippen LogP contribution in [0.25, 0.3) is 11.6 Å². The van der Waals surface area contributed by atoms with Crippen LogP contribution in [0.1, 0.15) is 47.9 Å². The van der Waals surface area contributed by atoms with Gasteiger partial charge in [0.25, 0.3) is 0 Å². The largest absolute Gasteiger partial charge is 0.306 e. The molecular weight excluding hydrogens is 306 g/mol. The Balaban J connectivity index is 1.91. The first-order chi connectivity index (χ1) is 12.1. The molecular formula is C23H25NO. The molecule has 2 heteroatoms. The summed E-state index contributed by atoms with van der Waals surface area (Å²) < 4.78 is 0. The molecule has 0 aromatic heterocycles. The predicted octanol–water partition coefficient (Wildman–Crippen LogP) is 4.60. The number of carbonyl (C=O) groups excluding carboxylic acids is 1. The van der Waals surface area contributed by atoms with Gasteiger partial charge >= 0.3 is 0 Å². The smallest absolute Gasteiger partial charge is 0.160 e. The quantitative estimate of drug-likeness (QED) is 0.801. The van der Waals surface area contributed by atoms with Gasteiger partial charge < -0.3 is 4.90 Å². The van der Waals surface area contributed by atoms with Crippen molar-refractivity contribution >= 4 is 17.4 Å².